The maximum atomic E-state index is 6.13. The summed E-state index contributed by atoms with van der Waals surface area (Å²) in [6, 6.07) is 7.76. The fourth-order valence-corrected chi connectivity index (χ4v) is 2.00. The number of halogens is 1. The van der Waals surface area contributed by atoms with Gasteiger partial charge in [-0.25, -0.2) is 4.98 Å². The first-order valence-electron chi connectivity index (χ1n) is 7.07. The predicted molar refractivity (Wildman–Crippen MR) is 89.6 cm³/mol. The van der Waals surface area contributed by atoms with Gasteiger partial charge in [0.2, 0.25) is 5.95 Å². The zero-order chi connectivity index (χ0) is 15.4. The molecule has 5 heteroatoms. The number of anilines is 3. The van der Waals surface area contributed by atoms with Gasteiger partial charge in [-0.05, 0) is 37.5 Å². The number of nitrogens with zero attached hydrogens (tertiary/aromatic N) is 2. The summed E-state index contributed by atoms with van der Waals surface area (Å²) < 4.78 is 0. The van der Waals surface area contributed by atoms with Crippen LogP contribution in [0.15, 0.2) is 24.3 Å². The molecule has 2 aromatic rings. The van der Waals surface area contributed by atoms with Gasteiger partial charge in [0.15, 0.2) is 0 Å². The molecule has 0 saturated heterocycles. The molecule has 0 aliphatic heterocycles. The zero-order valence-electron chi connectivity index (χ0n) is 12.9. The Morgan fingerprint density at radius 3 is 2.57 bits per heavy atom. The summed E-state index contributed by atoms with van der Waals surface area (Å²) >= 11 is 6.13. The molecule has 112 valence electrons. The van der Waals surface area contributed by atoms with Gasteiger partial charge in [0.05, 0.1) is 0 Å². The highest BCUT2D eigenvalue weighted by Gasteiger charge is 2.05. The van der Waals surface area contributed by atoms with Gasteiger partial charge in [0.25, 0.3) is 0 Å². The van der Waals surface area contributed by atoms with E-state index in [9.17, 15) is 0 Å². The van der Waals surface area contributed by atoms with Gasteiger partial charge in [-0.2, -0.15) is 4.98 Å². The van der Waals surface area contributed by atoms with Crippen molar-refractivity contribution in [3.63, 3.8) is 0 Å². The van der Waals surface area contributed by atoms with Crippen molar-refractivity contribution in [2.45, 2.75) is 27.7 Å². The lowest BCUT2D eigenvalue weighted by Gasteiger charge is -2.11. The quantitative estimate of drug-likeness (QED) is 0.850. The molecule has 0 aliphatic rings. The number of nitrogens with one attached hydrogen (secondary N) is 2. The molecule has 0 radical (unpaired) electrons. The van der Waals surface area contributed by atoms with Crippen LogP contribution in [0.1, 0.15) is 25.1 Å². The van der Waals surface area contributed by atoms with Crippen molar-refractivity contribution in [1.29, 1.82) is 0 Å². The number of rotatable bonds is 5. The van der Waals surface area contributed by atoms with Gasteiger partial charge in [-0.3, -0.25) is 0 Å². The monoisotopic (exact) mass is 304 g/mol. The lowest BCUT2D eigenvalue weighted by molar-refractivity contribution is 0.687. The number of benzene rings is 1. The molecule has 1 aromatic heterocycles. The summed E-state index contributed by atoms with van der Waals surface area (Å²) in [4.78, 5) is 8.88. The van der Waals surface area contributed by atoms with Crippen molar-refractivity contribution in [2.75, 3.05) is 17.2 Å². The van der Waals surface area contributed by atoms with Crippen LogP contribution >= 0.6 is 11.6 Å². The summed E-state index contributed by atoms with van der Waals surface area (Å²) in [6.07, 6.45) is 0. The molecular weight excluding hydrogens is 284 g/mol. The minimum atomic E-state index is 0.563. The van der Waals surface area contributed by atoms with E-state index in [0.717, 1.165) is 34.3 Å². The van der Waals surface area contributed by atoms with Crippen molar-refractivity contribution in [3.05, 3.63) is 40.5 Å². The molecule has 2 rings (SSSR count). The van der Waals surface area contributed by atoms with E-state index in [1.165, 1.54) is 0 Å². The first-order chi connectivity index (χ1) is 9.94. The average molecular weight is 305 g/mol. The highest BCUT2D eigenvalue weighted by Crippen LogP contribution is 2.22. The summed E-state index contributed by atoms with van der Waals surface area (Å²) in [7, 11) is 0. The van der Waals surface area contributed by atoms with E-state index in [0.29, 0.717) is 11.9 Å². The van der Waals surface area contributed by atoms with Crippen LogP contribution in [-0.2, 0) is 0 Å². The Balaban J connectivity index is 2.17. The van der Waals surface area contributed by atoms with E-state index in [1.807, 2.05) is 38.1 Å². The Bertz CT molecular complexity index is 626. The Kier molecular flexibility index (Phi) is 5.02. The molecule has 1 heterocycles. The fourth-order valence-electron chi connectivity index (χ4n) is 1.82. The topological polar surface area (TPSA) is 49.8 Å². The molecule has 0 aliphatic carbocycles. The summed E-state index contributed by atoms with van der Waals surface area (Å²) in [5, 5.41) is 7.24. The number of hydrogen-bond donors (Lipinski definition) is 2. The van der Waals surface area contributed by atoms with E-state index < -0.39 is 0 Å². The standard InChI is InChI=1S/C16H21ClN4/c1-10(2)9-18-15-7-12(4)19-16(21-15)20-13-6-5-11(3)14(17)8-13/h5-8,10H,9H2,1-4H3,(H2,18,19,20,21). The van der Waals surface area contributed by atoms with Gasteiger partial charge < -0.3 is 10.6 Å². The van der Waals surface area contributed by atoms with Crippen LogP contribution in [0.25, 0.3) is 0 Å². The molecule has 0 atom stereocenters. The Labute approximate surface area is 131 Å². The molecule has 0 saturated carbocycles. The first kappa shape index (κ1) is 15.6. The van der Waals surface area contributed by atoms with Crippen molar-refractivity contribution >= 4 is 29.1 Å². The molecule has 1 aromatic carbocycles. The molecular formula is C16H21ClN4. The van der Waals surface area contributed by atoms with Crippen LogP contribution in [0.4, 0.5) is 17.5 Å². The number of hydrogen-bond acceptors (Lipinski definition) is 4. The lowest BCUT2D eigenvalue weighted by Crippen LogP contribution is -2.10. The molecule has 2 N–H and O–H groups in total. The minimum absolute atomic E-state index is 0.563. The molecule has 0 amide bonds. The second-order valence-corrected chi connectivity index (χ2v) is 5.99. The van der Waals surface area contributed by atoms with E-state index in [1.54, 1.807) is 0 Å². The smallest absolute Gasteiger partial charge is 0.229 e. The molecule has 0 spiro atoms. The van der Waals surface area contributed by atoms with Crippen LogP contribution in [0.2, 0.25) is 5.02 Å². The van der Waals surface area contributed by atoms with Gasteiger partial charge in [-0.15, -0.1) is 0 Å². The summed E-state index contributed by atoms with van der Waals surface area (Å²) in [5.41, 5.74) is 2.84. The molecule has 4 nitrogen and oxygen atoms in total. The molecule has 0 fully saturated rings. The highest BCUT2D eigenvalue weighted by molar-refractivity contribution is 6.31. The van der Waals surface area contributed by atoms with Crippen LogP contribution in [-0.4, -0.2) is 16.5 Å². The largest absolute Gasteiger partial charge is 0.370 e. The van der Waals surface area contributed by atoms with Crippen LogP contribution in [0.3, 0.4) is 0 Å². The lowest BCUT2D eigenvalue weighted by atomic mass is 10.2. The van der Waals surface area contributed by atoms with Crippen molar-refractivity contribution in [3.8, 4) is 0 Å². The maximum absolute atomic E-state index is 6.13. The molecule has 0 bridgehead atoms. The van der Waals surface area contributed by atoms with E-state index >= 15 is 0 Å². The third-order valence-corrected chi connectivity index (χ3v) is 3.38. The van der Waals surface area contributed by atoms with Crippen molar-refractivity contribution in [1.82, 2.24) is 9.97 Å². The first-order valence-corrected chi connectivity index (χ1v) is 7.44. The third-order valence-electron chi connectivity index (χ3n) is 2.97. The Morgan fingerprint density at radius 2 is 1.90 bits per heavy atom. The van der Waals surface area contributed by atoms with Crippen LogP contribution in [0.5, 0.6) is 0 Å². The molecule has 21 heavy (non-hydrogen) atoms. The van der Waals surface area contributed by atoms with E-state index in [-0.39, 0.29) is 0 Å². The summed E-state index contributed by atoms with van der Waals surface area (Å²) in [5.74, 6) is 1.96. The zero-order valence-corrected chi connectivity index (χ0v) is 13.6. The van der Waals surface area contributed by atoms with Crippen LogP contribution in [0, 0.1) is 19.8 Å². The Morgan fingerprint density at radius 1 is 1.14 bits per heavy atom. The van der Waals surface area contributed by atoms with Gasteiger partial charge in [-0.1, -0.05) is 31.5 Å². The van der Waals surface area contributed by atoms with E-state index in [2.05, 4.69) is 34.4 Å². The fraction of sp³-hybridized carbons (Fsp3) is 0.375. The third kappa shape index (κ3) is 4.60. The van der Waals surface area contributed by atoms with Gasteiger partial charge >= 0.3 is 0 Å². The van der Waals surface area contributed by atoms with E-state index in [4.69, 9.17) is 11.6 Å². The number of aryl methyl sites for hydroxylation is 2. The SMILES string of the molecule is Cc1cc(NCC(C)C)nc(Nc2ccc(C)c(Cl)c2)n1. The van der Waals surface area contributed by atoms with Gasteiger partial charge in [0, 0.05) is 29.0 Å². The average Bonchev–Trinajstić information content (AvgIpc) is 2.40. The highest BCUT2D eigenvalue weighted by atomic mass is 35.5. The Hall–Kier alpha value is -1.81. The van der Waals surface area contributed by atoms with Crippen LogP contribution < -0.4 is 10.6 Å². The van der Waals surface area contributed by atoms with Crippen molar-refractivity contribution in [2.24, 2.45) is 5.92 Å². The number of aromatic nitrogens is 2. The normalized spacial score (nSPS) is 10.8. The minimum Gasteiger partial charge on any atom is -0.370 e. The molecule has 0 unspecified atom stereocenters. The summed E-state index contributed by atoms with van der Waals surface area (Å²) in [6.45, 7) is 9.13. The maximum Gasteiger partial charge on any atom is 0.229 e. The second kappa shape index (κ2) is 6.76. The second-order valence-electron chi connectivity index (χ2n) is 5.58. The van der Waals surface area contributed by atoms with Crippen molar-refractivity contribution < 1.29 is 0 Å². The van der Waals surface area contributed by atoms with Gasteiger partial charge in [0.1, 0.15) is 5.82 Å². The predicted octanol–water partition coefficient (Wildman–Crippen LogP) is 4.56.